The zero-order valence-electron chi connectivity index (χ0n) is 17.7. The van der Waals surface area contributed by atoms with Crippen LogP contribution in [0.25, 0.3) is 22.6 Å². The van der Waals surface area contributed by atoms with Crippen molar-refractivity contribution in [3.63, 3.8) is 0 Å². The van der Waals surface area contributed by atoms with Gasteiger partial charge in [-0.1, -0.05) is 24.3 Å². The lowest BCUT2D eigenvalue weighted by Crippen LogP contribution is -2.36. The third-order valence-electron chi connectivity index (χ3n) is 5.35. The summed E-state index contributed by atoms with van der Waals surface area (Å²) in [4.78, 5) is 19.4. The number of ether oxygens (including phenoxy) is 1. The Morgan fingerprint density at radius 2 is 1.91 bits per heavy atom. The van der Waals surface area contributed by atoms with Gasteiger partial charge in [-0.15, -0.1) is 0 Å². The predicted octanol–water partition coefficient (Wildman–Crippen LogP) is 1.66. The van der Waals surface area contributed by atoms with Gasteiger partial charge >= 0.3 is 0 Å². The molecule has 0 saturated carbocycles. The summed E-state index contributed by atoms with van der Waals surface area (Å²) in [5.74, 6) is 0.175. The van der Waals surface area contributed by atoms with Crippen molar-refractivity contribution in [1.29, 1.82) is 0 Å². The molecule has 0 aliphatic carbocycles. The maximum Gasteiger partial charge on any atom is 0.260 e. The SMILES string of the molecule is Nc1nonc1-c1nc2ccccc2n1CC(=O)NN=Cc1ccc(N2CCOCC2)cc1. The smallest absolute Gasteiger partial charge is 0.260 e. The van der Waals surface area contributed by atoms with Gasteiger partial charge in [0.05, 0.1) is 30.5 Å². The highest BCUT2D eigenvalue weighted by Gasteiger charge is 2.20. The number of carbonyl (C=O) groups is 1. The van der Waals surface area contributed by atoms with Crippen molar-refractivity contribution in [3.05, 3.63) is 54.1 Å². The average Bonchev–Trinajstić information content (AvgIpc) is 3.43. The molecule has 3 N–H and O–H groups in total. The summed E-state index contributed by atoms with van der Waals surface area (Å²) < 4.78 is 11.8. The molecule has 0 atom stereocenters. The molecule has 1 fully saturated rings. The number of nitrogens with two attached hydrogens (primary N) is 1. The largest absolute Gasteiger partial charge is 0.379 e. The third-order valence-corrected chi connectivity index (χ3v) is 5.35. The van der Waals surface area contributed by atoms with Crippen molar-refractivity contribution in [3.8, 4) is 11.5 Å². The van der Waals surface area contributed by atoms with E-state index in [-0.39, 0.29) is 24.0 Å². The number of nitrogen functional groups attached to an aromatic ring is 1. The second-order valence-corrected chi connectivity index (χ2v) is 7.49. The van der Waals surface area contributed by atoms with E-state index in [0.717, 1.165) is 43.1 Å². The molecular formula is C22H22N8O3. The molecule has 0 bridgehead atoms. The number of para-hydroxylation sites is 2. The molecular weight excluding hydrogens is 424 g/mol. The van der Waals surface area contributed by atoms with Gasteiger partial charge in [0.15, 0.2) is 17.3 Å². The fourth-order valence-corrected chi connectivity index (χ4v) is 3.72. The molecule has 4 aromatic rings. The lowest BCUT2D eigenvalue weighted by atomic mass is 10.2. The predicted molar refractivity (Wildman–Crippen MR) is 123 cm³/mol. The molecule has 0 unspecified atom stereocenters. The minimum Gasteiger partial charge on any atom is -0.379 e. The van der Waals surface area contributed by atoms with Crippen LogP contribution < -0.4 is 16.1 Å². The van der Waals surface area contributed by atoms with E-state index in [1.54, 1.807) is 10.8 Å². The third kappa shape index (κ3) is 4.39. The number of anilines is 2. The van der Waals surface area contributed by atoms with Gasteiger partial charge in [0.1, 0.15) is 6.54 Å². The van der Waals surface area contributed by atoms with Gasteiger partial charge in [0.25, 0.3) is 5.91 Å². The molecule has 2 aromatic heterocycles. The zero-order chi connectivity index (χ0) is 22.6. The van der Waals surface area contributed by atoms with Crippen LogP contribution >= 0.6 is 0 Å². The van der Waals surface area contributed by atoms with Crippen LogP contribution in [0.15, 0.2) is 58.3 Å². The first kappa shape index (κ1) is 20.6. The maximum absolute atomic E-state index is 12.6. The van der Waals surface area contributed by atoms with Crippen molar-refractivity contribution in [2.75, 3.05) is 36.9 Å². The van der Waals surface area contributed by atoms with Gasteiger partial charge in [0.2, 0.25) is 0 Å². The van der Waals surface area contributed by atoms with E-state index in [0.29, 0.717) is 11.3 Å². The van der Waals surface area contributed by atoms with Gasteiger partial charge in [-0.2, -0.15) is 5.10 Å². The molecule has 168 valence electrons. The average molecular weight is 446 g/mol. The van der Waals surface area contributed by atoms with Crippen LogP contribution in [-0.2, 0) is 16.1 Å². The fraction of sp³-hybridized carbons (Fsp3) is 0.227. The summed E-state index contributed by atoms with van der Waals surface area (Å²) in [6.07, 6.45) is 1.60. The molecule has 1 amide bonds. The number of hydrogen-bond acceptors (Lipinski definition) is 9. The Kier molecular flexibility index (Phi) is 5.68. The van der Waals surface area contributed by atoms with Crippen molar-refractivity contribution >= 4 is 34.7 Å². The molecule has 2 aromatic carbocycles. The first-order chi connectivity index (χ1) is 16.2. The molecule has 11 heteroatoms. The molecule has 1 saturated heterocycles. The van der Waals surface area contributed by atoms with E-state index in [1.807, 2.05) is 48.5 Å². The number of benzene rings is 2. The van der Waals surface area contributed by atoms with Crippen molar-refractivity contribution < 1.29 is 14.2 Å². The minimum atomic E-state index is -0.324. The van der Waals surface area contributed by atoms with E-state index >= 15 is 0 Å². The van der Waals surface area contributed by atoms with Crippen molar-refractivity contribution in [1.82, 2.24) is 25.3 Å². The number of hydrogen-bond donors (Lipinski definition) is 2. The van der Waals surface area contributed by atoms with Crippen LogP contribution in [-0.4, -0.2) is 58.3 Å². The van der Waals surface area contributed by atoms with Gasteiger partial charge in [-0.3, -0.25) is 4.79 Å². The molecule has 1 aliphatic heterocycles. The first-order valence-corrected chi connectivity index (χ1v) is 10.5. The van der Waals surface area contributed by atoms with Crippen LogP contribution in [0, 0.1) is 0 Å². The van der Waals surface area contributed by atoms with Gasteiger partial charge < -0.3 is 19.9 Å². The summed E-state index contributed by atoms with van der Waals surface area (Å²) in [5.41, 5.74) is 12.2. The normalized spacial score (nSPS) is 14.2. The van der Waals surface area contributed by atoms with Gasteiger partial charge in [-0.05, 0) is 40.1 Å². The number of imidazole rings is 1. The first-order valence-electron chi connectivity index (χ1n) is 10.5. The van der Waals surface area contributed by atoms with Crippen LogP contribution in [0.5, 0.6) is 0 Å². The highest BCUT2D eigenvalue weighted by Crippen LogP contribution is 2.26. The topological polar surface area (TPSA) is 137 Å². The summed E-state index contributed by atoms with van der Waals surface area (Å²) in [6, 6.07) is 15.4. The molecule has 0 radical (unpaired) electrons. The summed E-state index contributed by atoms with van der Waals surface area (Å²) in [5, 5.41) is 11.5. The van der Waals surface area contributed by atoms with Gasteiger partial charge in [0, 0.05) is 18.8 Å². The Balaban J connectivity index is 1.28. The van der Waals surface area contributed by atoms with Gasteiger partial charge in [-0.25, -0.2) is 15.0 Å². The van der Waals surface area contributed by atoms with E-state index in [2.05, 4.69) is 30.7 Å². The van der Waals surface area contributed by atoms with E-state index in [4.69, 9.17) is 15.1 Å². The number of fused-ring (bicyclic) bond motifs is 1. The van der Waals surface area contributed by atoms with E-state index < -0.39 is 0 Å². The number of hydrazone groups is 1. The second-order valence-electron chi connectivity index (χ2n) is 7.49. The number of nitrogens with one attached hydrogen (secondary N) is 1. The second kappa shape index (κ2) is 9.09. The van der Waals surface area contributed by atoms with Crippen LogP contribution in [0.2, 0.25) is 0 Å². The van der Waals surface area contributed by atoms with Crippen LogP contribution in [0.1, 0.15) is 5.56 Å². The Labute approximate surface area is 188 Å². The molecule has 3 heterocycles. The number of amides is 1. The molecule has 1 aliphatic rings. The lowest BCUT2D eigenvalue weighted by Gasteiger charge is -2.28. The fourth-order valence-electron chi connectivity index (χ4n) is 3.72. The number of aromatic nitrogens is 4. The highest BCUT2D eigenvalue weighted by atomic mass is 16.6. The Morgan fingerprint density at radius 1 is 1.12 bits per heavy atom. The minimum absolute atomic E-state index is 0.0323. The number of rotatable bonds is 6. The molecule has 0 spiro atoms. The maximum atomic E-state index is 12.6. The number of morpholine rings is 1. The molecule has 33 heavy (non-hydrogen) atoms. The summed E-state index contributed by atoms with van der Waals surface area (Å²) >= 11 is 0. The Bertz CT molecular complexity index is 1290. The summed E-state index contributed by atoms with van der Waals surface area (Å²) in [7, 11) is 0. The standard InChI is InChI=1S/C22H22N8O3/c23-21-20(27-33-28-21)22-25-17-3-1-2-4-18(17)30(22)14-19(31)26-24-13-15-5-7-16(8-6-15)29-9-11-32-12-10-29/h1-8,13H,9-12,14H2,(H2,23,28)(H,26,31). The molecule has 5 rings (SSSR count). The molecule has 11 nitrogen and oxygen atoms in total. The summed E-state index contributed by atoms with van der Waals surface area (Å²) in [6.45, 7) is 3.20. The van der Waals surface area contributed by atoms with Crippen molar-refractivity contribution in [2.45, 2.75) is 6.54 Å². The van der Waals surface area contributed by atoms with E-state index in [9.17, 15) is 4.79 Å². The van der Waals surface area contributed by atoms with E-state index in [1.165, 1.54) is 0 Å². The van der Waals surface area contributed by atoms with Crippen LogP contribution in [0.4, 0.5) is 11.5 Å². The lowest BCUT2D eigenvalue weighted by molar-refractivity contribution is -0.121. The Hall–Kier alpha value is -4.25. The van der Waals surface area contributed by atoms with Crippen molar-refractivity contribution in [2.24, 2.45) is 5.10 Å². The quantitative estimate of drug-likeness (QED) is 0.337. The van der Waals surface area contributed by atoms with Crippen LogP contribution in [0.3, 0.4) is 0 Å². The zero-order valence-corrected chi connectivity index (χ0v) is 17.7. The highest BCUT2D eigenvalue weighted by molar-refractivity contribution is 5.86. The Morgan fingerprint density at radius 3 is 2.67 bits per heavy atom. The number of carbonyl (C=O) groups excluding carboxylic acids is 1. The monoisotopic (exact) mass is 446 g/mol. The number of nitrogens with zero attached hydrogens (tertiary/aromatic N) is 6.